The number of carbonyl (C=O) groups excluding carboxylic acids is 1. The van der Waals surface area contributed by atoms with Gasteiger partial charge in [-0.1, -0.05) is 59.6 Å². The number of guanidine groups is 1. The lowest BCUT2D eigenvalue weighted by Crippen LogP contribution is -2.65. The number of hydrogen-bond donors (Lipinski definition) is 5. The second-order valence-corrected chi connectivity index (χ2v) is 16.1. The van der Waals surface area contributed by atoms with Crippen LogP contribution in [0.2, 0.25) is 0 Å². The van der Waals surface area contributed by atoms with Crippen LogP contribution >= 0.6 is 0 Å². The minimum atomic E-state index is -3.98. The maximum Gasteiger partial charge on any atom is 0.481 e. The first kappa shape index (κ1) is 34.7. The van der Waals surface area contributed by atoms with Gasteiger partial charge in [-0.3, -0.25) is 10.2 Å². The molecule has 3 saturated carbocycles. The third kappa shape index (κ3) is 7.80. The number of aryl methyl sites for hydroxylation is 1. The first-order valence-corrected chi connectivity index (χ1v) is 18.0. The number of rotatable bonds is 16. The van der Waals surface area contributed by atoms with Crippen LogP contribution < -0.4 is 21.1 Å². The van der Waals surface area contributed by atoms with Crippen molar-refractivity contribution in [3.05, 3.63) is 29.8 Å². The summed E-state index contributed by atoms with van der Waals surface area (Å²) in [7, 11) is -4.59. The van der Waals surface area contributed by atoms with E-state index in [9.17, 15) is 13.2 Å². The number of sulfonamides is 1. The van der Waals surface area contributed by atoms with E-state index >= 15 is 0 Å². The van der Waals surface area contributed by atoms with Gasteiger partial charge in [0.1, 0.15) is 6.04 Å². The zero-order valence-electron chi connectivity index (χ0n) is 27.4. The molecule has 4 fully saturated rings. The van der Waals surface area contributed by atoms with Crippen molar-refractivity contribution in [1.29, 1.82) is 5.41 Å². The summed E-state index contributed by atoms with van der Waals surface area (Å²) in [5, 5.41) is 13.3. The van der Waals surface area contributed by atoms with Gasteiger partial charge >= 0.3 is 7.12 Å². The number of hydrogen-bond acceptors (Lipinski definition) is 6. The fraction of sp³-hybridized carbons (Fsp3) is 0.750. The maximum atomic E-state index is 13.9. The van der Waals surface area contributed by atoms with E-state index < -0.39 is 40.6 Å². The molecule has 3 aliphatic carbocycles. The highest BCUT2D eigenvalue weighted by Crippen LogP contribution is 2.65. The molecule has 1 saturated heterocycles. The number of carbonyl (C=O) groups is 1. The van der Waals surface area contributed by atoms with Crippen molar-refractivity contribution in [3.8, 4) is 0 Å². The van der Waals surface area contributed by atoms with Gasteiger partial charge in [-0.15, -0.1) is 0 Å². The van der Waals surface area contributed by atoms with Crippen molar-refractivity contribution in [1.82, 2.24) is 15.4 Å². The summed E-state index contributed by atoms with van der Waals surface area (Å²) >= 11 is 0. The van der Waals surface area contributed by atoms with Gasteiger partial charge in [-0.2, -0.15) is 4.72 Å². The average molecular weight is 632 g/mol. The Morgan fingerprint density at radius 1 is 1.14 bits per heavy atom. The first-order chi connectivity index (χ1) is 20.7. The van der Waals surface area contributed by atoms with E-state index in [2.05, 4.69) is 56.9 Å². The van der Waals surface area contributed by atoms with Gasteiger partial charge < -0.3 is 25.7 Å². The molecule has 44 heavy (non-hydrogen) atoms. The zero-order valence-corrected chi connectivity index (χ0v) is 28.3. The molecule has 6 N–H and O–H groups in total. The van der Waals surface area contributed by atoms with Crippen LogP contribution in [0.25, 0.3) is 0 Å². The highest BCUT2D eigenvalue weighted by molar-refractivity contribution is 7.89. The van der Waals surface area contributed by atoms with Crippen LogP contribution in [-0.2, 0) is 30.5 Å². The molecule has 10 nitrogen and oxygen atoms in total. The predicted octanol–water partition coefficient (Wildman–Crippen LogP) is 4.13. The molecule has 1 heterocycles. The minimum absolute atomic E-state index is 0.0206. The van der Waals surface area contributed by atoms with Crippen LogP contribution in [0.15, 0.2) is 29.2 Å². The van der Waals surface area contributed by atoms with Gasteiger partial charge in [0.2, 0.25) is 15.9 Å². The molecule has 246 valence electrons. The Labute approximate surface area is 265 Å². The molecule has 12 heteroatoms. The molecule has 1 aromatic rings. The fourth-order valence-corrected chi connectivity index (χ4v) is 8.77. The van der Waals surface area contributed by atoms with Crippen LogP contribution in [0, 0.1) is 28.6 Å². The van der Waals surface area contributed by atoms with E-state index in [4.69, 9.17) is 20.5 Å². The lowest BCUT2D eigenvalue weighted by Gasteiger charge is -2.64. The molecule has 1 aliphatic heterocycles. The molecule has 6 atom stereocenters. The van der Waals surface area contributed by atoms with Crippen LogP contribution in [0.5, 0.6) is 0 Å². The Bertz CT molecular complexity index is 1260. The summed E-state index contributed by atoms with van der Waals surface area (Å²) in [6.07, 6.45) is 7.55. The average Bonchev–Trinajstić information content (AvgIpc) is 3.31. The second kappa shape index (κ2) is 14.1. The Morgan fingerprint density at radius 2 is 1.84 bits per heavy atom. The van der Waals surface area contributed by atoms with Gasteiger partial charge in [0.15, 0.2) is 5.96 Å². The van der Waals surface area contributed by atoms with Gasteiger partial charge in [0, 0.05) is 6.54 Å². The number of nitrogens with two attached hydrogens (primary N) is 1. The largest absolute Gasteiger partial charge is 0.481 e. The Morgan fingerprint density at radius 3 is 2.45 bits per heavy atom. The standard InChI is InChI=1S/C32H54BN5O5S/c1-7-8-9-11-22-13-15-24(16-14-22)44(40,41)38-25(12-10-17-36-30(34)35)29(39)37-28(18-21(2)3)33-42-27-20-23-19-26(31(23,4)5)32(27,6)43-33/h13-16,21,23,25-28,38H,7-12,17-20H2,1-6H3,(H,37,39)(H4,34,35,36)/t23-,25-,26-,27+,28-,32-/m0/s1. The van der Waals surface area contributed by atoms with E-state index in [1.54, 1.807) is 12.1 Å². The normalized spacial score (nSPS) is 26.9. The third-order valence-corrected chi connectivity index (χ3v) is 11.7. The second-order valence-electron chi connectivity index (χ2n) is 14.3. The Kier molecular flexibility index (Phi) is 11.1. The van der Waals surface area contributed by atoms with Gasteiger partial charge in [-0.05, 0) is 92.7 Å². The monoisotopic (exact) mass is 631 g/mol. The Balaban J connectivity index is 1.48. The molecule has 0 aromatic heterocycles. The maximum absolute atomic E-state index is 13.9. The van der Waals surface area contributed by atoms with Crippen molar-refractivity contribution in [2.75, 3.05) is 6.54 Å². The van der Waals surface area contributed by atoms with Gasteiger partial charge in [0.25, 0.3) is 0 Å². The summed E-state index contributed by atoms with van der Waals surface area (Å²) < 4.78 is 42.9. The summed E-state index contributed by atoms with van der Waals surface area (Å²) in [6.45, 7) is 13.4. The summed E-state index contributed by atoms with van der Waals surface area (Å²) in [6, 6.07) is 5.86. The van der Waals surface area contributed by atoms with Crippen molar-refractivity contribution >= 4 is 29.0 Å². The molecule has 0 unspecified atom stereocenters. The molecule has 1 aromatic carbocycles. The highest BCUT2D eigenvalue weighted by Gasteiger charge is 2.68. The smallest absolute Gasteiger partial charge is 0.404 e. The molecule has 4 aliphatic rings. The van der Waals surface area contributed by atoms with Crippen molar-refractivity contribution < 1.29 is 22.5 Å². The summed E-state index contributed by atoms with van der Waals surface area (Å²) in [4.78, 5) is 14.0. The molecular formula is C32H54BN5O5S. The van der Waals surface area contributed by atoms with Crippen LogP contribution in [0.3, 0.4) is 0 Å². The predicted molar refractivity (Wildman–Crippen MR) is 174 cm³/mol. The van der Waals surface area contributed by atoms with Crippen molar-refractivity contribution in [3.63, 3.8) is 0 Å². The van der Waals surface area contributed by atoms with E-state index in [1.165, 1.54) is 0 Å². The van der Waals surface area contributed by atoms with E-state index in [0.29, 0.717) is 31.2 Å². The quantitative estimate of drug-likeness (QED) is 0.0795. The SMILES string of the molecule is CCCCCc1ccc(S(=O)(=O)N[C@@H](CCCNC(=N)N)C(=O)N[C@@H](CC(C)C)B2O[C@@H]3C[C@@H]4C[C@@H](C4(C)C)[C@]3(C)O2)cc1. The van der Waals surface area contributed by atoms with Gasteiger partial charge in [0.05, 0.1) is 22.5 Å². The molecule has 5 rings (SSSR count). The fourth-order valence-electron chi connectivity index (χ4n) is 7.54. The van der Waals surface area contributed by atoms with Crippen LogP contribution in [0.4, 0.5) is 0 Å². The van der Waals surface area contributed by atoms with E-state index in [-0.39, 0.29) is 34.7 Å². The van der Waals surface area contributed by atoms with Crippen molar-refractivity contribution in [2.24, 2.45) is 28.9 Å². The van der Waals surface area contributed by atoms with E-state index in [1.807, 2.05) is 12.1 Å². The molecule has 0 spiro atoms. The number of amides is 1. The summed E-state index contributed by atoms with van der Waals surface area (Å²) in [5.41, 5.74) is 6.30. The minimum Gasteiger partial charge on any atom is -0.404 e. The van der Waals surface area contributed by atoms with Crippen LogP contribution in [-0.4, -0.2) is 57.6 Å². The highest BCUT2D eigenvalue weighted by atomic mass is 32.2. The van der Waals surface area contributed by atoms with Crippen molar-refractivity contribution in [2.45, 2.75) is 128 Å². The topological polar surface area (TPSA) is 156 Å². The molecule has 1 amide bonds. The lowest BCUT2D eigenvalue weighted by atomic mass is 9.43. The molecule has 0 radical (unpaired) electrons. The number of unbranched alkanes of at least 4 members (excludes halogenated alkanes) is 2. The summed E-state index contributed by atoms with van der Waals surface area (Å²) in [5.74, 6) is 0.224. The Hall–Kier alpha value is -2.15. The lowest BCUT2D eigenvalue weighted by molar-refractivity contribution is -0.199. The van der Waals surface area contributed by atoms with E-state index in [0.717, 1.165) is 44.1 Å². The zero-order chi connectivity index (χ0) is 32.3. The van der Waals surface area contributed by atoms with Crippen LogP contribution in [0.1, 0.15) is 98.5 Å². The third-order valence-electron chi connectivity index (χ3n) is 10.3. The number of nitrogens with one attached hydrogen (secondary N) is 4. The molecule has 2 bridgehead atoms. The number of benzene rings is 1. The molecular weight excluding hydrogens is 577 g/mol. The van der Waals surface area contributed by atoms with Gasteiger partial charge in [-0.25, -0.2) is 8.42 Å². The first-order valence-electron chi connectivity index (χ1n) is 16.5.